The van der Waals surface area contributed by atoms with E-state index in [0.29, 0.717) is 0 Å². The molecular weight excluding hydrogens is 234 g/mol. The van der Waals surface area contributed by atoms with Crippen molar-refractivity contribution >= 4 is 27.3 Å². The Morgan fingerprint density at radius 1 is 1.50 bits per heavy atom. The Balaban J connectivity index is 2.45. The average Bonchev–Trinajstić information content (AvgIpc) is 2.31. The van der Waals surface area contributed by atoms with E-state index in [-0.39, 0.29) is 0 Å². The van der Waals surface area contributed by atoms with E-state index in [1.807, 2.05) is 11.3 Å². The zero-order valence-electron chi connectivity index (χ0n) is 7.27. The van der Waals surface area contributed by atoms with Crippen LogP contribution in [0, 0.1) is 6.92 Å². The molecule has 1 rings (SSSR count). The first kappa shape index (κ1) is 10.2. The molecule has 0 saturated carbocycles. The number of halogens is 1. The summed E-state index contributed by atoms with van der Waals surface area (Å²) in [5.74, 6) is 0. The van der Waals surface area contributed by atoms with Crippen molar-refractivity contribution in [1.82, 2.24) is 0 Å². The van der Waals surface area contributed by atoms with E-state index < -0.39 is 0 Å². The lowest BCUT2D eigenvalue weighted by Gasteiger charge is -1.97. The first-order valence-electron chi connectivity index (χ1n) is 4.19. The first-order valence-corrected chi connectivity index (χ1v) is 5.80. The Bertz CT molecular complexity index is 245. The Morgan fingerprint density at radius 3 is 2.75 bits per heavy atom. The Labute approximate surface area is 86.1 Å². The number of hydrogen-bond acceptors (Lipinski definition) is 2. The third kappa shape index (κ3) is 2.88. The van der Waals surface area contributed by atoms with Gasteiger partial charge in [0.15, 0.2) is 0 Å². The standard InChI is InChI=1S/C9H14BrNS/c1-7-8(4-2-3-5-11)6-9(10)12-7/h6H,2-5,11H2,1H3. The van der Waals surface area contributed by atoms with E-state index in [4.69, 9.17) is 5.73 Å². The number of hydrogen-bond donors (Lipinski definition) is 1. The zero-order chi connectivity index (χ0) is 8.97. The zero-order valence-corrected chi connectivity index (χ0v) is 9.67. The Hall–Kier alpha value is 0.140. The fourth-order valence-corrected chi connectivity index (χ4v) is 2.98. The van der Waals surface area contributed by atoms with Gasteiger partial charge in [0.25, 0.3) is 0 Å². The molecule has 0 aromatic carbocycles. The number of rotatable bonds is 4. The van der Waals surface area contributed by atoms with Gasteiger partial charge >= 0.3 is 0 Å². The monoisotopic (exact) mass is 247 g/mol. The molecule has 0 atom stereocenters. The molecule has 1 aromatic heterocycles. The molecule has 0 aliphatic rings. The van der Waals surface area contributed by atoms with Crippen LogP contribution in [-0.4, -0.2) is 6.54 Å². The normalized spacial score (nSPS) is 10.6. The van der Waals surface area contributed by atoms with Crippen LogP contribution in [0.25, 0.3) is 0 Å². The van der Waals surface area contributed by atoms with Crippen molar-refractivity contribution in [1.29, 1.82) is 0 Å². The van der Waals surface area contributed by atoms with E-state index in [9.17, 15) is 0 Å². The van der Waals surface area contributed by atoms with E-state index in [1.165, 1.54) is 27.1 Å². The third-order valence-corrected chi connectivity index (χ3v) is 3.49. The van der Waals surface area contributed by atoms with E-state index in [2.05, 4.69) is 28.9 Å². The van der Waals surface area contributed by atoms with Crippen molar-refractivity contribution in [3.63, 3.8) is 0 Å². The minimum Gasteiger partial charge on any atom is -0.330 e. The van der Waals surface area contributed by atoms with Crippen LogP contribution in [0.5, 0.6) is 0 Å². The molecule has 1 heterocycles. The van der Waals surface area contributed by atoms with Crippen LogP contribution >= 0.6 is 27.3 Å². The van der Waals surface area contributed by atoms with Gasteiger partial charge in [0.2, 0.25) is 0 Å². The highest BCUT2D eigenvalue weighted by Gasteiger charge is 2.02. The molecule has 0 bridgehead atoms. The quantitative estimate of drug-likeness (QED) is 0.814. The van der Waals surface area contributed by atoms with Crippen LogP contribution in [0.15, 0.2) is 9.85 Å². The summed E-state index contributed by atoms with van der Waals surface area (Å²) in [6.07, 6.45) is 3.51. The Kier molecular flexibility index (Phi) is 4.26. The summed E-state index contributed by atoms with van der Waals surface area (Å²) in [7, 11) is 0. The van der Waals surface area contributed by atoms with Gasteiger partial charge in [-0.25, -0.2) is 0 Å². The molecule has 0 saturated heterocycles. The summed E-state index contributed by atoms with van der Waals surface area (Å²) < 4.78 is 1.24. The summed E-state index contributed by atoms with van der Waals surface area (Å²) >= 11 is 5.30. The topological polar surface area (TPSA) is 26.0 Å². The molecule has 3 heteroatoms. The predicted molar refractivity (Wildman–Crippen MR) is 58.7 cm³/mol. The largest absolute Gasteiger partial charge is 0.330 e. The van der Waals surface area contributed by atoms with Gasteiger partial charge in [0.1, 0.15) is 0 Å². The van der Waals surface area contributed by atoms with Crippen molar-refractivity contribution in [3.8, 4) is 0 Å². The van der Waals surface area contributed by atoms with Gasteiger partial charge in [-0.3, -0.25) is 0 Å². The molecule has 12 heavy (non-hydrogen) atoms. The van der Waals surface area contributed by atoms with Gasteiger partial charge in [-0.05, 0) is 60.3 Å². The summed E-state index contributed by atoms with van der Waals surface area (Å²) in [6.45, 7) is 2.98. The maximum Gasteiger partial charge on any atom is 0.0704 e. The second-order valence-corrected chi connectivity index (χ2v) is 5.51. The average molecular weight is 248 g/mol. The van der Waals surface area contributed by atoms with Gasteiger partial charge < -0.3 is 5.73 Å². The molecule has 2 N–H and O–H groups in total. The third-order valence-electron chi connectivity index (χ3n) is 1.89. The molecule has 0 amide bonds. The summed E-state index contributed by atoms with van der Waals surface area (Å²) in [5.41, 5.74) is 6.90. The minimum absolute atomic E-state index is 0.810. The Morgan fingerprint density at radius 2 is 2.25 bits per heavy atom. The van der Waals surface area contributed by atoms with Gasteiger partial charge in [0, 0.05) is 4.88 Å². The summed E-state index contributed by atoms with van der Waals surface area (Å²) in [4.78, 5) is 1.43. The van der Waals surface area contributed by atoms with Crippen molar-refractivity contribution < 1.29 is 0 Å². The lowest BCUT2D eigenvalue weighted by Crippen LogP contribution is -1.98. The highest BCUT2D eigenvalue weighted by molar-refractivity contribution is 9.11. The van der Waals surface area contributed by atoms with Crippen LogP contribution in [0.2, 0.25) is 0 Å². The van der Waals surface area contributed by atoms with Gasteiger partial charge in [-0.1, -0.05) is 0 Å². The number of unbranched alkanes of at least 4 members (excludes halogenated alkanes) is 1. The van der Waals surface area contributed by atoms with Crippen molar-refractivity contribution in [3.05, 3.63) is 20.3 Å². The number of thiophene rings is 1. The van der Waals surface area contributed by atoms with E-state index >= 15 is 0 Å². The second kappa shape index (κ2) is 5.00. The summed E-state index contributed by atoms with van der Waals surface area (Å²) in [5, 5.41) is 0. The van der Waals surface area contributed by atoms with Gasteiger partial charge in [-0.2, -0.15) is 0 Å². The van der Waals surface area contributed by atoms with Crippen LogP contribution in [0.1, 0.15) is 23.3 Å². The SMILES string of the molecule is Cc1sc(Br)cc1CCCCN. The van der Waals surface area contributed by atoms with Crippen molar-refractivity contribution in [2.45, 2.75) is 26.2 Å². The van der Waals surface area contributed by atoms with Crippen molar-refractivity contribution in [2.24, 2.45) is 5.73 Å². The van der Waals surface area contributed by atoms with E-state index in [1.54, 1.807) is 0 Å². The fourth-order valence-electron chi connectivity index (χ4n) is 1.19. The second-order valence-electron chi connectivity index (χ2n) is 2.88. The molecule has 0 aliphatic carbocycles. The number of nitrogens with two attached hydrogens (primary N) is 1. The smallest absolute Gasteiger partial charge is 0.0704 e. The molecule has 1 aromatic rings. The summed E-state index contributed by atoms with van der Waals surface area (Å²) in [6, 6.07) is 2.22. The molecule has 0 spiro atoms. The maximum absolute atomic E-state index is 5.43. The molecule has 68 valence electrons. The molecule has 0 fully saturated rings. The minimum atomic E-state index is 0.810. The van der Waals surface area contributed by atoms with Crippen molar-refractivity contribution in [2.75, 3.05) is 6.54 Å². The van der Waals surface area contributed by atoms with Gasteiger partial charge in [0.05, 0.1) is 3.79 Å². The van der Waals surface area contributed by atoms with Crippen LogP contribution in [-0.2, 0) is 6.42 Å². The fraction of sp³-hybridized carbons (Fsp3) is 0.556. The van der Waals surface area contributed by atoms with Crippen LogP contribution in [0.4, 0.5) is 0 Å². The lowest BCUT2D eigenvalue weighted by molar-refractivity contribution is 0.744. The molecule has 0 aliphatic heterocycles. The highest BCUT2D eigenvalue weighted by Crippen LogP contribution is 2.27. The molecule has 0 radical (unpaired) electrons. The maximum atomic E-state index is 5.43. The molecular formula is C9H14BrNS. The lowest BCUT2D eigenvalue weighted by atomic mass is 10.1. The van der Waals surface area contributed by atoms with Crippen LogP contribution < -0.4 is 5.73 Å². The van der Waals surface area contributed by atoms with Gasteiger partial charge in [-0.15, -0.1) is 11.3 Å². The highest BCUT2D eigenvalue weighted by atomic mass is 79.9. The molecule has 0 unspecified atom stereocenters. The predicted octanol–water partition coefficient (Wildman–Crippen LogP) is 3.10. The van der Waals surface area contributed by atoms with Crippen LogP contribution in [0.3, 0.4) is 0 Å². The first-order chi connectivity index (χ1) is 5.74. The number of aryl methyl sites for hydroxylation is 2. The van der Waals surface area contributed by atoms with E-state index in [0.717, 1.165) is 13.0 Å². The molecule has 1 nitrogen and oxygen atoms in total.